The molecule has 1 atom stereocenters. The normalized spacial score (nSPS) is 12.0. The summed E-state index contributed by atoms with van der Waals surface area (Å²) in [7, 11) is 0. The molecule has 0 spiro atoms. The van der Waals surface area contributed by atoms with E-state index in [0.717, 1.165) is 5.56 Å². The summed E-state index contributed by atoms with van der Waals surface area (Å²) in [5, 5.41) is 5.65. The minimum atomic E-state index is -0.126. The Balaban J connectivity index is 1.88. The van der Waals surface area contributed by atoms with E-state index in [1.807, 2.05) is 36.5 Å². The maximum atomic E-state index is 11.9. The highest BCUT2D eigenvalue weighted by Crippen LogP contribution is 2.17. The number of pyridine rings is 1. The van der Waals surface area contributed by atoms with Crippen molar-refractivity contribution in [2.75, 3.05) is 11.9 Å². The van der Waals surface area contributed by atoms with Crippen LogP contribution in [0, 0.1) is 0 Å². The molecule has 0 saturated carbocycles. The number of hydrogen-bond acceptors (Lipinski definition) is 2. The largest absolute Gasteiger partial charge is 0.333 e. The van der Waals surface area contributed by atoms with E-state index in [1.54, 1.807) is 18.3 Å². The van der Waals surface area contributed by atoms with E-state index in [0.29, 0.717) is 17.3 Å². The van der Waals surface area contributed by atoms with Gasteiger partial charge in [-0.25, -0.2) is 4.98 Å². The minimum absolute atomic E-state index is 0.126. The number of nitrogens with one attached hydrogen (secondary N) is 1. The molecular formula is C15H16Cl2N3O+. The van der Waals surface area contributed by atoms with Crippen LogP contribution >= 0.6 is 23.2 Å². The van der Waals surface area contributed by atoms with Gasteiger partial charge in [0.15, 0.2) is 11.7 Å². The van der Waals surface area contributed by atoms with Crippen LogP contribution in [0.25, 0.3) is 0 Å². The summed E-state index contributed by atoms with van der Waals surface area (Å²) >= 11 is 11.9. The second-order valence-corrected chi connectivity index (χ2v) is 5.47. The van der Waals surface area contributed by atoms with Gasteiger partial charge in [0.2, 0.25) is 0 Å². The zero-order chi connectivity index (χ0) is 15.2. The molecule has 0 saturated heterocycles. The number of benzene rings is 1. The molecule has 1 aromatic heterocycles. The van der Waals surface area contributed by atoms with E-state index in [4.69, 9.17) is 23.2 Å². The lowest BCUT2D eigenvalue weighted by molar-refractivity contribution is -0.682. The first-order valence-corrected chi connectivity index (χ1v) is 7.31. The molecule has 110 valence electrons. The molecular weight excluding hydrogens is 309 g/mol. The second kappa shape index (κ2) is 7.41. The first kappa shape index (κ1) is 15.8. The van der Waals surface area contributed by atoms with Crippen molar-refractivity contribution in [2.45, 2.75) is 13.0 Å². The zero-order valence-corrected chi connectivity index (χ0v) is 13.0. The lowest BCUT2D eigenvalue weighted by Crippen LogP contribution is -2.86. The van der Waals surface area contributed by atoms with Gasteiger partial charge in [0.25, 0.3) is 5.91 Å². The van der Waals surface area contributed by atoms with Crippen LogP contribution in [0.3, 0.4) is 0 Å². The maximum Gasteiger partial charge on any atom is 0.279 e. The van der Waals surface area contributed by atoms with Crippen molar-refractivity contribution in [3.63, 3.8) is 0 Å². The van der Waals surface area contributed by atoms with Gasteiger partial charge in [-0.05, 0) is 31.2 Å². The van der Waals surface area contributed by atoms with Gasteiger partial charge >= 0.3 is 0 Å². The monoisotopic (exact) mass is 324 g/mol. The molecule has 1 amide bonds. The van der Waals surface area contributed by atoms with Crippen LogP contribution in [0.4, 0.5) is 5.69 Å². The van der Waals surface area contributed by atoms with Gasteiger partial charge in [-0.2, -0.15) is 0 Å². The molecule has 0 aliphatic rings. The lowest BCUT2D eigenvalue weighted by Gasteiger charge is -2.11. The van der Waals surface area contributed by atoms with Gasteiger partial charge in [0.05, 0.1) is 5.69 Å². The third-order valence-corrected chi connectivity index (χ3v) is 3.60. The Hall–Kier alpha value is -1.62. The molecule has 3 N–H and O–H groups in total. The number of carbonyl (C=O) groups is 1. The SMILES string of the molecule is C[C@@H]([NH2+]CC(=O)Nc1cccnc1Cl)c1cccc(Cl)c1. The molecule has 4 nitrogen and oxygen atoms in total. The fourth-order valence-corrected chi connectivity index (χ4v) is 2.26. The van der Waals surface area contributed by atoms with Gasteiger partial charge in [0.1, 0.15) is 6.04 Å². The Morgan fingerprint density at radius 1 is 1.33 bits per heavy atom. The molecule has 0 fully saturated rings. The topological polar surface area (TPSA) is 58.6 Å². The Morgan fingerprint density at radius 2 is 2.14 bits per heavy atom. The van der Waals surface area contributed by atoms with Gasteiger partial charge < -0.3 is 10.6 Å². The number of amides is 1. The number of halogens is 2. The molecule has 1 heterocycles. The van der Waals surface area contributed by atoms with Crippen LogP contribution < -0.4 is 10.6 Å². The van der Waals surface area contributed by atoms with E-state index in [2.05, 4.69) is 10.3 Å². The van der Waals surface area contributed by atoms with Crippen molar-refractivity contribution in [1.82, 2.24) is 4.98 Å². The highest BCUT2D eigenvalue weighted by Gasteiger charge is 2.13. The van der Waals surface area contributed by atoms with Gasteiger partial charge in [-0.3, -0.25) is 4.79 Å². The summed E-state index contributed by atoms with van der Waals surface area (Å²) in [5.74, 6) is -0.126. The summed E-state index contributed by atoms with van der Waals surface area (Å²) < 4.78 is 0. The summed E-state index contributed by atoms with van der Waals surface area (Å²) in [4.78, 5) is 15.8. The van der Waals surface area contributed by atoms with Crippen LogP contribution in [-0.4, -0.2) is 17.4 Å². The van der Waals surface area contributed by atoms with Crippen molar-refractivity contribution in [1.29, 1.82) is 0 Å². The quantitative estimate of drug-likeness (QED) is 0.831. The molecule has 2 rings (SSSR count). The van der Waals surface area contributed by atoms with Gasteiger partial charge in [0, 0.05) is 16.8 Å². The number of nitrogens with two attached hydrogens (primary N) is 1. The molecule has 0 unspecified atom stereocenters. The Bertz CT molecular complexity index is 634. The Labute approximate surface area is 133 Å². The standard InChI is InChI=1S/C15H15Cl2N3O/c1-10(11-4-2-5-12(16)8-11)19-9-14(21)20-13-6-3-7-18-15(13)17/h2-8,10,19H,9H2,1H3,(H,20,21)/p+1/t10-/m1/s1. The molecule has 6 heteroatoms. The third-order valence-electron chi connectivity index (χ3n) is 3.06. The maximum absolute atomic E-state index is 11.9. The van der Waals surface area contributed by atoms with Crippen LogP contribution in [0.1, 0.15) is 18.5 Å². The van der Waals surface area contributed by atoms with E-state index in [-0.39, 0.29) is 17.1 Å². The molecule has 0 radical (unpaired) electrons. The highest BCUT2D eigenvalue weighted by molar-refractivity contribution is 6.32. The number of rotatable bonds is 5. The smallest absolute Gasteiger partial charge is 0.279 e. The van der Waals surface area contributed by atoms with E-state index in [9.17, 15) is 4.79 Å². The summed E-state index contributed by atoms with van der Waals surface area (Å²) in [6.45, 7) is 2.31. The van der Waals surface area contributed by atoms with Gasteiger partial charge in [-0.1, -0.05) is 35.3 Å². The molecule has 0 aliphatic heterocycles. The molecule has 0 aliphatic carbocycles. The molecule has 2 aromatic rings. The molecule has 21 heavy (non-hydrogen) atoms. The number of carbonyl (C=O) groups excluding carboxylic acids is 1. The average Bonchev–Trinajstić information content (AvgIpc) is 2.47. The van der Waals surface area contributed by atoms with Crippen molar-refractivity contribution in [2.24, 2.45) is 0 Å². The van der Waals surface area contributed by atoms with Crippen molar-refractivity contribution in [3.8, 4) is 0 Å². The van der Waals surface area contributed by atoms with Crippen molar-refractivity contribution in [3.05, 3.63) is 58.3 Å². The molecule has 1 aromatic carbocycles. The van der Waals surface area contributed by atoms with E-state index in [1.165, 1.54) is 0 Å². The number of nitrogens with zero attached hydrogens (tertiary/aromatic N) is 1. The minimum Gasteiger partial charge on any atom is -0.333 e. The van der Waals surface area contributed by atoms with Crippen LogP contribution in [0.2, 0.25) is 10.2 Å². The fraction of sp³-hybridized carbons (Fsp3) is 0.200. The van der Waals surface area contributed by atoms with Crippen molar-refractivity contribution >= 4 is 34.8 Å². The average molecular weight is 325 g/mol. The van der Waals surface area contributed by atoms with Crippen molar-refractivity contribution < 1.29 is 10.1 Å². The third kappa shape index (κ3) is 4.70. The van der Waals surface area contributed by atoms with Crippen LogP contribution in [0.5, 0.6) is 0 Å². The number of aromatic nitrogens is 1. The highest BCUT2D eigenvalue weighted by atomic mass is 35.5. The number of anilines is 1. The summed E-state index contributed by atoms with van der Waals surface area (Å²) in [6.07, 6.45) is 1.57. The number of hydrogen-bond donors (Lipinski definition) is 2. The van der Waals surface area contributed by atoms with E-state index < -0.39 is 0 Å². The Kier molecular flexibility index (Phi) is 5.56. The van der Waals surface area contributed by atoms with E-state index >= 15 is 0 Å². The lowest BCUT2D eigenvalue weighted by atomic mass is 10.1. The summed E-state index contributed by atoms with van der Waals surface area (Å²) in [5.41, 5.74) is 1.60. The predicted octanol–water partition coefficient (Wildman–Crippen LogP) is 2.65. The van der Waals surface area contributed by atoms with Crippen LogP contribution in [0.15, 0.2) is 42.6 Å². The first-order valence-electron chi connectivity index (χ1n) is 6.55. The second-order valence-electron chi connectivity index (χ2n) is 4.67. The zero-order valence-electron chi connectivity index (χ0n) is 11.5. The van der Waals surface area contributed by atoms with Gasteiger partial charge in [-0.15, -0.1) is 0 Å². The molecule has 0 bridgehead atoms. The predicted molar refractivity (Wildman–Crippen MR) is 84.5 cm³/mol. The van der Waals surface area contributed by atoms with Crippen LogP contribution in [-0.2, 0) is 4.79 Å². The Morgan fingerprint density at radius 3 is 2.86 bits per heavy atom. The number of quaternary nitrogens is 1. The summed E-state index contributed by atoms with van der Waals surface area (Å²) in [6, 6.07) is 11.2. The first-order chi connectivity index (χ1) is 10.1. The fourth-order valence-electron chi connectivity index (χ4n) is 1.89.